The highest BCUT2D eigenvalue weighted by molar-refractivity contribution is 5.80. The summed E-state index contributed by atoms with van der Waals surface area (Å²) >= 11 is 0. The first kappa shape index (κ1) is 16.3. The van der Waals surface area contributed by atoms with Crippen LogP contribution in [-0.4, -0.2) is 43.7 Å². The summed E-state index contributed by atoms with van der Waals surface area (Å²) in [7, 11) is 0. The average molecular weight is 324 g/mol. The van der Waals surface area contributed by atoms with Gasteiger partial charge in [-0.3, -0.25) is 29.8 Å². The lowest BCUT2D eigenvalue weighted by Crippen LogP contribution is -2.39. The molecule has 0 aliphatic heterocycles. The van der Waals surface area contributed by atoms with Gasteiger partial charge in [-0.15, -0.1) is 0 Å². The monoisotopic (exact) mass is 324 g/mol. The molecule has 0 saturated carbocycles. The smallest absolute Gasteiger partial charge is 0.323 e. The summed E-state index contributed by atoms with van der Waals surface area (Å²) < 4.78 is 0. The zero-order valence-corrected chi connectivity index (χ0v) is 11.5. The van der Waals surface area contributed by atoms with Gasteiger partial charge in [-0.2, -0.15) is 0 Å². The Labute approximate surface area is 126 Å². The van der Waals surface area contributed by atoms with Crippen molar-refractivity contribution < 1.29 is 19.9 Å². The molecule has 11 nitrogen and oxygen atoms in total. The molecule has 0 unspecified atom stereocenters. The van der Waals surface area contributed by atoms with E-state index in [9.17, 15) is 24.5 Å². The molecule has 0 bridgehead atoms. The fourth-order valence-electron chi connectivity index (χ4n) is 1.99. The maximum Gasteiger partial charge on any atom is 0.323 e. The number of aromatic nitrogens is 2. The predicted molar refractivity (Wildman–Crippen MR) is 77.2 cm³/mol. The fraction of sp³-hybridized carbons (Fsp3) is 0.250. The third-order valence-corrected chi connectivity index (χ3v) is 3.13. The molecule has 23 heavy (non-hydrogen) atoms. The number of carboxylic acid groups (broad SMARTS) is 1. The van der Waals surface area contributed by atoms with E-state index in [0.29, 0.717) is 0 Å². The normalized spacial score (nSPS) is 12.2. The molecule has 0 spiro atoms. The van der Waals surface area contributed by atoms with Gasteiger partial charge in [0.1, 0.15) is 6.04 Å². The number of aliphatic carboxylic acids is 1. The van der Waals surface area contributed by atoms with Crippen LogP contribution in [-0.2, 0) is 11.3 Å². The zero-order chi connectivity index (χ0) is 17.1. The Hall–Kier alpha value is -3.05. The molecule has 0 aliphatic carbocycles. The van der Waals surface area contributed by atoms with Crippen LogP contribution in [0.3, 0.4) is 0 Å². The summed E-state index contributed by atoms with van der Waals surface area (Å²) in [6, 6.07) is 0.940. The molecule has 5 N–H and O–H groups in total. The van der Waals surface area contributed by atoms with Crippen LogP contribution in [0.5, 0.6) is 0 Å². The van der Waals surface area contributed by atoms with E-state index in [1.807, 2.05) is 0 Å². The standard InChI is InChI=1S/C12H12N4O7/c17-4-8(12(20)21)13-3-5-1-6(16(22)23)2-7-9(5)15-11(19)10(18)14-7/h1-2,8,13,17H,3-4H2,(H,14,18)(H,15,19)(H,20,21)/t8-/m0/s1. The molecular weight excluding hydrogens is 312 g/mol. The lowest BCUT2D eigenvalue weighted by atomic mass is 10.1. The molecule has 1 heterocycles. The van der Waals surface area contributed by atoms with Gasteiger partial charge < -0.3 is 20.2 Å². The number of nitro benzene ring substituents is 1. The molecule has 0 amide bonds. The molecule has 0 fully saturated rings. The molecule has 11 heteroatoms. The van der Waals surface area contributed by atoms with Gasteiger partial charge in [0, 0.05) is 18.7 Å². The molecule has 0 radical (unpaired) electrons. The number of nitrogens with zero attached hydrogens (tertiary/aromatic N) is 1. The van der Waals surface area contributed by atoms with Gasteiger partial charge in [0.15, 0.2) is 0 Å². The summed E-state index contributed by atoms with van der Waals surface area (Å²) in [4.78, 5) is 48.4. The highest BCUT2D eigenvalue weighted by atomic mass is 16.6. The van der Waals surface area contributed by atoms with E-state index in [1.165, 1.54) is 0 Å². The Bertz CT molecular complexity index is 885. The molecule has 1 aromatic heterocycles. The predicted octanol–water partition coefficient (Wildman–Crippen LogP) is -1.34. The van der Waals surface area contributed by atoms with E-state index >= 15 is 0 Å². The van der Waals surface area contributed by atoms with Gasteiger partial charge in [0.2, 0.25) is 0 Å². The summed E-state index contributed by atoms with van der Waals surface area (Å²) in [5.41, 5.74) is -1.87. The minimum absolute atomic E-state index is 0.0384. The SMILES string of the molecule is O=C(O)[C@H](CO)NCc1cc([N+](=O)[O-])cc2[nH]c(=O)c(=O)[nH]c12. The van der Waals surface area contributed by atoms with E-state index in [0.717, 1.165) is 12.1 Å². The van der Waals surface area contributed by atoms with Crippen LogP contribution < -0.4 is 16.4 Å². The minimum Gasteiger partial charge on any atom is -0.480 e. The first-order chi connectivity index (χ1) is 10.8. The van der Waals surface area contributed by atoms with Crippen molar-refractivity contribution in [3.63, 3.8) is 0 Å². The van der Waals surface area contributed by atoms with Crippen LogP contribution >= 0.6 is 0 Å². The Balaban J connectivity index is 2.53. The van der Waals surface area contributed by atoms with Crippen molar-refractivity contribution in [2.45, 2.75) is 12.6 Å². The topological polar surface area (TPSA) is 178 Å². The molecule has 2 rings (SSSR count). The van der Waals surface area contributed by atoms with Gasteiger partial charge >= 0.3 is 17.1 Å². The summed E-state index contributed by atoms with van der Waals surface area (Å²) in [6.45, 7) is -0.868. The fourth-order valence-corrected chi connectivity index (χ4v) is 1.99. The lowest BCUT2D eigenvalue weighted by molar-refractivity contribution is -0.384. The number of hydrogen-bond donors (Lipinski definition) is 5. The van der Waals surface area contributed by atoms with Crippen molar-refractivity contribution in [3.05, 3.63) is 48.5 Å². The van der Waals surface area contributed by atoms with Crippen LogP contribution in [0, 0.1) is 10.1 Å². The molecular formula is C12H12N4O7. The largest absolute Gasteiger partial charge is 0.480 e. The Morgan fingerprint density at radius 1 is 1.30 bits per heavy atom. The first-order valence-corrected chi connectivity index (χ1v) is 6.34. The number of non-ortho nitro benzene ring substituents is 1. The van der Waals surface area contributed by atoms with Crippen molar-refractivity contribution in [1.29, 1.82) is 0 Å². The molecule has 0 aliphatic rings. The van der Waals surface area contributed by atoms with Gasteiger partial charge in [-0.25, -0.2) is 0 Å². The third kappa shape index (κ3) is 3.41. The number of aliphatic hydroxyl groups is 1. The van der Waals surface area contributed by atoms with Gasteiger partial charge in [-0.1, -0.05) is 0 Å². The second kappa shape index (κ2) is 6.37. The number of benzene rings is 1. The van der Waals surface area contributed by atoms with Crippen LogP contribution in [0.4, 0.5) is 5.69 Å². The number of aromatic amines is 2. The highest BCUT2D eigenvalue weighted by Crippen LogP contribution is 2.21. The highest BCUT2D eigenvalue weighted by Gasteiger charge is 2.18. The van der Waals surface area contributed by atoms with E-state index < -0.39 is 34.7 Å². The van der Waals surface area contributed by atoms with Crippen molar-refractivity contribution >= 4 is 22.7 Å². The van der Waals surface area contributed by atoms with Crippen LogP contribution in [0.1, 0.15) is 5.56 Å². The van der Waals surface area contributed by atoms with Gasteiger partial charge in [0.25, 0.3) is 5.69 Å². The molecule has 1 atom stereocenters. The second-order valence-corrected chi connectivity index (χ2v) is 4.65. The number of carbonyl (C=O) groups is 1. The number of fused-ring (bicyclic) bond motifs is 1. The minimum atomic E-state index is -1.30. The maximum atomic E-state index is 11.4. The van der Waals surface area contributed by atoms with E-state index in [2.05, 4.69) is 15.3 Å². The number of nitrogens with one attached hydrogen (secondary N) is 3. The molecule has 122 valence electrons. The summed E-state index contributed by atoms with van der Waals surface area (Å²) in [5, 5.41) is 31.2. The summed E-state index contributed by atoms with van der Waals surface area (Å²) in [6.07, 6.45) is 0. The Morgan fingerprint density at radius 3 is 2.52 bits per heavy atom. The van der Waals surface area contributed by atoms with Crippen molar-refractivity contribution in [2.24, 2.45) is 0 Å². The van der Waals surface area contributed by atoms with E-state index in [4.69, 9.17) is 10.2 Å². The number of H-pyrrole nitrogens is 2. The Morgan fingerprint density at radius 2 is 1.96 bits per heavy atom. The molecule has 2 aromatic rings. The number of aliphatic hydroxyl groups excluding tert-OH is 1. The zero-order valence-electron chi connectivity index (χ0n) is 11.5. The number of nitro groups is 1. The molecule has 1 aromatic carbocycles. The maximum absolute atomic E-state index is 11.4. The second-order valence-electron chi connectivity index (χ2n) is 4.65. The van der Waals surface area contributed by atoms with Crippen LogP contribution in [0.15, 0.2) is 21.7 Å². The number of rotatable bonds is 6. The molecule has 0 saturated heterocycles. The van der Waals surface area contributed by atoms with Crippen molar-refractivity contribution in [2.75, 3.05) is 6.61 Å². The van der Waals surface area contributed by atoms with E-state index in [-0.39, 0.29) is 28.8 Å². The number of hydrogen-bond acceptors (Lipinski definition) is 7. The van der Waals surface area contributed by atoms with Crippen molar-refractivity contribution in [1.82, 2.24) is 15.3 Å². The average Bonchev–Trinajstić information content (AvgIpc) is 2.48. The Kier molecular flexibility index (Phi) is 4.52. The van der Waals surface area contributed by atoms with Crippen LogP contribution in [0.25, 0.3) is 11.0 Å². The van der Waals surface area contributed by atoms with E-state index in [1.54, 1.807) is 0 Å². The van der Waals surface area contributed by atoms with Crippen LogP contribution in [0.2, 0.25) is 0 Å². The van der Waals surface area contributed by atoms with Gasteiger partial charge in [-0.05, 0) is 5.56 Å². The third-order valence-electron chi connectivity index (χ3n) is 3.13. The summed E-state index contributed by atoms with van der Waals surface area (Å²) in [5.74, 6) is -1.30. The van der Waals surface area contributed by atoms with Gasteiger partial charge in [0.05, 0.1) is 22.6 Å². The van der Waals surface area contributed by atoms with Crippen molar-refractivity contribution in [3.8, 4) is 0 Å². The lowest BCUT2D eigenvalue weighted by Gasteiger charge is -2.12. The number of carboxylic acids is 1. The quantitative estimate of drug-likeness (QED) is 0.246. The first-order valence-electron chi connectivity index (χ1n) is 6.34.